The summed E-state index contributed by atoms with van der Waals surface area (Å²) in [6.45, 7) is 12.3. The molecule has 106 valence electrons. The lowest BCUT2D eigenvalue weighted by atomic mass is 10.1. The monoisotopic (exact) mass is 270 g/mol. The molecule has 0 unspecified atom stereocenters. The highest BCUT2D eigenvalue weighted by molar-refractivity contribution is 5.45. The van der Waals surface area contributed by atoms with E-state index in [0.29, 0.717) is 13.2 Å². The topological polar surface area (TPSA) is 18.5 Å². The molecule has 0 aromatic heterocycles. The van der Waals surface area contributed by atoms with Gasteiger partial charge in [0, 0.05) is 0 Å². The van der Waals surface area contributed by atoms with Crippen molar-refractivity contribution in [2.24, 2.45) is 0 Å². The summed E-state index contributed by atoms with van der Waals surface area (Å²) in [6.07, 6.45) is 11.0. The number of aryl methyl sites for hydroxylation is 2. The van der Waals surface area contributed by atoms with E-state index in [-0.39, 0.29) is 0 Å². The lowest BCUT2D eigenvalue weighted by molar-refractivity contribution is 0.348. The first kappa shape index (κ1) is 15.8. The molecule has 0 spiro atoms. The van der Waals surface area contributed by atoms with E-state index in [1.807, 2.05) is 50.3 Å². The minimum absolute atomic E-state index is 0.536. The van der Waals surface area contributed by atoms with E-state index in [1.54, 1.807) is 12.2 Å². The Balaban J connectivity index is 2.69. The Morgan fingerprint density at radius 3 is 1.60 bits per heavy atom. The van der Waals surface area contributed by atoms with Crippen LogP contribution in [0.4, 0.5) is 0 Å². The molecule has 1 rings (SSSR count). The zero-order valence-electron chi connectivity index (χ0n) is 12.3. The van der Waals surface area contributed by atoms with Gasteiger partial charge >= 0.3 is 0 Å². The van der Waals surface area contributed by atoms with Crippen LogP contribution in [0.1, 0.15) is 11.1 Å². The van der Waals surface area contributed by atoms with Gasteiger partial charge in [0.15, 0.2) is 0 Å². The SMILES string of the molecule is C=C/C=C/COc1cc(C)c(OC/C=C/C=C)cc1C. The Labute approximate surface area is 121 Å². The van der Waals surface area contributed by atoms with Gasteiger partial charge in [0.05, 0.1) is 0 Å². The molecular formula is C18H22O2. The highest BCUT2D eigenvalue weighted by Crippen LogP contribution is 2.28. The Hall–Kier alpha value is -2.22. The second kappa shape index (κ2) is 8.81. The number of hydrogen-bond donors (Lipinski definition) is 0. The van der Waals surface area contributed by atoms with Crippen molar-refractivity contribution in [3.8, 4) is 11.5 Å². The molecule has 1 aromatic carbocycles. The minimum Gasteiger partial charge on any atom is -0.489 e. The van der Waals surface area contributed by atoms with E-state index >= 15 is 0 Å². The summed E-state index contributed by atoms with van der Waals surface area (Å²) in [5.74, 6) is 1.76. The molecule has 20 heavy (non-hydrogen) atoms. The van der Waals surface area contributed by atoms with Gasteiger partial charge in [-0.15, -0.1) is 0 Å². The van der Waals surface area contributed by atoms with Crippen LogP contribution in [0.5, 0.6) is 11.5 Å². The van der Waals surface area contributed by atoms with Gasteiger partial charge in [-0.3, -0.25) is 0 Å². The first-order chi connectivity index (χ1) is 9.69. The number of ether oxygens (including phenoxy) is 2. The zero-order valence-corrected chi connectivity index (χ0v) is 12.3. The van der Waals surface area contributed by atoms with Gasteiger partial charge in [-0.05, 0) is 49.3 Å². The van der Waals surface area contributed by atoms with Crippen LogP contribution < -0.4 is 9.47 Å². The van der Waals surface area contributed by atoms with E-state index < -0.39 is 0 Å². The van der Waals surface area contributed by atoms with Crippen LogP contribution in [0.25, 0.3) is 0 Å². The molecule has 0 radical (unpaired) electrons. The molecule has 2 nitrogen and oxygen atoms in total. The Morgan fingerprint density at radius 1 is 0.850 bits per heavy atom. The zero-order chi connectivity index (χ0) is 14.8. The second-order valence-electron chi connectivity index (χ2n) is 4.33. The van der Waals surface area contributed by atoms with Gasteiger partial charge in [-0.25, -0.2) is 0 Å². The highest BCUT2D eigenvalue weighted by atomic mass is 16.5. The average Bonchev–Trinajstić information content (AvgIpc) is 2.44. The van der Waals surface area contributed by atoms with E-state index in [1.165, 1.54) is 0 Å². The van der Waals surface area contributed by atoms with E-state index in [4.69, 9.17) is 9.47 Å². The fourth-order valence-electron chi connectivity index (χ4n) is 1.65. The molecule has 0 fully saturated rings. The fourth-order valence-corrected chi connectivity index (χ4v) is 1.65. The van der Waals surface area contributed by atoms with Gasteiger partial charge in [0.1, 0.15) is 24.7 Å². The molecular weight excluding hydrogens is 248 g/mol. The van der Waals surface area contributed by atoms with Crippen LogP contribution in [0, 0.1) is 13.8 Å². The quantitative estimate of drug-likeness (QED) is 0.645. The van der Waals surface area contributed by atoms with Crippen LogP contribution in [0.15, 0.2) is 61.7 Å². The molecule has 0 bridgehead atoms. The molecule has 0 aliphatic rings. The van der Waals surface area contributed by atoms with Crippen molar-refractivity contribution in [1.29, 1.82) is 0 Å². The predicted octanol–water partition coefficient (Wildman–Crippen LogP) is 4.55. The van der Waals surface area contributed by atoms with E-state index in [2.05, 4.69) is 13.2 Å². The van der Waals surface area contributed by atoms with Crippen LogP contribution in [0.3, 0.4) is 0 Å². The Kier molecular flexibility index (Phi) is 6.97. The molecule has 0 amide bonds. The highest BCUT2D eigenvalue weighted by Gasteiger charge is 2.05. The van der Waals surface area contributed by atoms with Crippen molar-refractivity contribution >= 4 is 0 Å². The molecule has 0 aliphatic heterocycles. The van der Waals surface area contributed by atoms with Gasteiger partial charge < -0.3 is 9.47 Å². The summed E-state index contributed by atoms with van der Waals surface area (Å²) < 4.78 is 11.4. The molecule has 0 heterocycles. The number of allylic oxidation sites excluding steroid dienone is 4. The second-order valence-corrected chi connectivity index (χ2v) is 4.33. The van der Waals surface area contributed by atoms with Crippen molar-refractivity contribution in [2.75, 3.05) is 13.2 Å². The third-order valence-electron chi connectivity index (χ3n) is 2.69. The average molecular weight is 270 g/mol. The minimum atomic E-state index is 0.536. The normalized spacial score (nSPS) is 10.9. The van der Waals surface area contributed by atoms with Crippen molar-refractivity contribution < 1.29 is 9.47 Å². The largest absolute Gasteiger partial charge is 0.489 e. The van der Waals surface area contributed by atoms with Gasteiger partial charge in [0.2, 0.25) is 0 Å². The maximum atomic E-state index is 5.70. The smallest absolute Gasteiger partial charge is 0.123 e. The summed E-state index contributed by atoms with van der Waals surface area (Å²) >= 11 is 0. The van der Waals surface area contributed by atoms with E-state index in [0.717, 1.165) is 22.6 Å². The van der Waals surface area contributed by atoms with Crippen molar-refractivity contribution in [2.45, 2.75) is 13.8 Å². The van der Waals surface area contributed by atoms with Crippen LogP contribution in [0.2, 0.25) is 0 Å². The third-order valence-corrected chi connectivity index (χ3v) is 2.69. The Morgan fingerprint density at radius 2 is 1.25 bits per heavy atom. The van der Waals surface area contributed by atoms with Gasteiger partial charge in [-0.2, -0.15) is 0 Å². The molecule has 0 atom stereocenters. The lowest BCUT2D eigenvalue weighted by Crippen LogP contribution is -2.00. The van der Waals surface area contributed by atoms with Crippen molar-refractivity contribution in [1.82, 2.24) is 0 Å². The maximum absolute atomic E-state index is 5.70. The summed E-state index contributed by atoms with van der Waals surface area (Å²) in [7, 11) is 0. The first-order valence-electron chi connectivity index (χ1n) is 6.61. The third kappa shape index (κ3) is 5.19. The summed E-state index contributed by atoms with van der Waals surface area (Å²) in [6, 6.07) is 4.01. The molecule has 0 N–H and O–H groups in total. The molecule has 1 aromatic rings. The van der Waals surface area contributed by atoms with Crippen LogP contribution in [-0.2, 0) is 0 Å². The van der Waals surface area contributed by atoms with E-state index in [9.17, 15) is 0 Å². The summed E-state index contributed by atoms with van der Waals surface area (Å²) in [5.41, 5.74) is 2.12. The first-order valence-corrected chi connectivity index (χ1v) is 6.61. The number of hydrogen-bond acceptors (Lipinski definition) is 2. The fraction of sp³-hybridized carbons (Fsp3) is 0.222. The van der Waals surface area contributed by atoms with Gasteiger partial charge in [0.25, 0.3) is 0 Å². The lowest BCUT2D eigenvalue weighted by Gasteiger charge is -2.12. The summed E-state index contributed by atoms with van der Waals surface area (Å²) in [4.78, 5) is 0. The van der Waals surface area contributed by atoms with Crippen molar-refractivity contribution in [3.63, 3.8) is 0 Å². The van der Waals surface area contributed by atoms with Crippen LogP contribution in [-0.4, -0.2) is 13.2 Å². The van der Waals surface area contributed by atoms with Crippen LogP contribution >= 0.6 is 0 Å². The van der Waals surface area contributed by atoms with Gasteiger partial charge in [-0.1, -0.05) is 37.5 Å². The number of rotatable bonds is 8. The summed E-state index contributed by atoms with van der Waals surface area (Å²) in [5, 5.41) is 0. The molecule has 2 heteroatoms. The molecule has 0 aliphatic carbocycles. The molecule has 0 saturated heterocycles. The maximum Gasteiger partial charge on any atom is 0.123 e. The standard InChI is InChI=1S/C18H22O2/c1-5-7-9-11-19-17-13-16(4)18(14-15(17)3)20-12-10-8-6-2/h5-10,13-14H,1-2,11-12H2,3-4H3/b9-7+,10-8+. The molecule has 0 saturated carbocycles. The van der Waals surface area contributed by atoms with Crippen molar-refractivity contribution in [3.05, 3.63) is 72.9 Å². The Bertz CT molecular complexity index is 463. The predicted molar refractivity (Wildman–Crippen MR) is 85.6 cm³/mol. The number of benzene rings is 1.